The van der Waals surface area contributed by atoms with E-state index in [4.69, 9.17) is 11.6 Å². The molecule has 6 nitrogen and oxygen atoms in total. The van der Waals surface area contributed by atoms with Crippen LogP contribution in [0, 0.1) is 13.7 Å². The molecule has 2 aromatic carbocycles. The van der Waals surface area contributed by atoms with Gasteiger partial charge in [-0.2, -0.15) is 0 Å². The Morgan fingerprint density at radius 1 is 1.25 bits per heavy atom. The highest BCUT2D eigenvalue weighted by atomic mass is 127. The fourth-order valence-electron chi connectivity index (χ4n) is 2.14. The zero-order valence-electron chi connectivity index (χ0n) is 12.0. The van der Waals surface area contributed by atoms with Crippen molar-refractivity contribution in [1.82, 2.24) is 5.32 Å². The van der Waals surface area contributed by atoms with Crippen LogP contribution < -0.4 is 5.32 Å². The smallest absolute Gasteiger partial charge is 0.288 e. The van der Waals surface area contributed by atoms with Crippen molar-refractivity contribution < 1.29 is 9.72 Å². The third kappa shape index (κ3) is 3.31. The first-order chi connectivity index (χ1) is 11.5. The Morgan fingerprint density at radius 2 is 2.00 bits per heavy atom. The van der Waals surface area contributed by atoms with Gasteiger partial charge < -0.3 is 5.32 Å². The van der Waals surface area contributed by atoms with E-state index in [-0.39, 0.29) is 28.1 Å². The van der Waals surface area contributed by atoms with Crippen LogP contribution >= 0.6 is 34.2 Å². The third-order valence-corrected chi connectivity index (χ3v) is 4.61. The van der Waals surface area contributed by atoms with Crippen molar-refractivity contribution in [2.24, 2.45) is 4.99 Å². The summed E-state index contributed by atoms with van der Waals surface area (Å²) in [5.74, 6) is -0.0980. The third-order valence-electron chi connectivity index (χ3n) is 3.31. The zero-order chi connectivity index (χ0) is 17.3. The van der Waals surface area contributed by atoms with Gasteiger partial charge in [-0.15, -0.1) is 0 Å². The monoisotopic (exact) mass is 453 g/mol. The molecule has 0 radical (unpaired) electrons. The highest BCUT2D eigenvalue weighted by molar-refractivity contribution is 14.1. The number of aliphatic imine (C=N–C) groups is 1. The van der Waals surface area contributed by atoms with Gasteiger partial charge in [-0.1, -0.05) is 29.8 Å². The van der Waals surface area contributed by atoms with Gasteiger partial charge >= 0.3 is 0 Å². The Balaban J connectivity index is 2.00. The fourth-order valence-corrected chi connectivity index (χ4v) is 2.87. The Morgan fingerprint density at radius 3 is 2.71 bits per heavy atom. The minimum atomic E-state index is -0.577. The molecule has 8 heteroatoms. The quantitative estimate of drug-likeness (QED) is 0.332. The summed E-state index contributed by atoms with van der Waals surface area (Å²) in [5, 5.41) is 13.6. The second-order valence-electron chi connectivity index (χ2n) is 4.89. The van der Waals surface area contributed by atoms with Gasteiger partial charge in [0.15, 0.2) is 0 Å². The van der Waals surface area contributed by atoms with Crippen LogP contribution in [0.1, 0.15) is 11.1 Å². The number of hydrogen-bond acceptors (Lipinski definition) is 4. The maximum atomic E-state index is 12.1. The first-order valence-electron chi connectivity index (χ1n) is 6.76. The molecule has 2 aromatic rings. The van der Waals surface area contributed by atoms with Crippen LogP contribution in [-0.4, -0.2) is 16.7 Å². The van der Waals surface area contributed by atoms with Crippen molar-refractivity contribution in [3.63, 3.8) is 0 Å². The van der Waals surface area contributed by atoms with Gasteiger partial charge in [0.1, 0.15) is 16.6 Å². The molecule has 0 aromatic heterocycles. The molecule has 0 saturated heterocycles. The Hall–Kier alpha value is -2.26. The van der Waals surface area contributed by atoms with Crippen molar-refractivity contribution in [1.29, 1.82) is 0 Å². The number of hydrogen-bond donors (Lipinski definition) is 1. The highest BCUT2D eigenvalue weighted by Crippen LogP contribution is 2.26. The van der Waals surface area contributed by atoms with Crippen LogP contribution in [0.25, 0.3) is 6.08 Å². The van der Waals surface area contributed by atoms with E-state index in [1.165, 1.54) is 12.1 Å². The summed E-state index contributed by atoms with van der Waals surface area (Å²) in [4.78, 5) is 26.8. The predicted molar refractivity (Wildman–Crippen MR) is 99.9 cm³/mol. The number of nitrogens with zero attached hydrogens (tertiary/aromatic N) is 2. The molecule has 0 bridgehead atoms. The molecule has 0 unspecified atom stereocenters. The molecule has 120 valence electrons. The average molecular weight is 454 g/mol. The summed E-state index contributed by atoms with van der Waals surface area (Å²) in [7, 11) is 0. The van der Waals surface area contributed by atoms with Gasteiger partial charge in [-0.25, -0.2) is 4.99 Å². The van der Waals surface area contributed by atoms with Gasteiger partial charge in [0.05, 0.1) is 4.92 Å². The standard InChI is InChI=1S/C16H9ClIN3O3/c17-11-6-5-10(8-14(11)21(23)24)15-19-13(16(22)20-15)7-9-3-1-2-4-12(9)18/h1-8H,(H,19,20,22). The first-order valence-corrected chi connectivity index (χ1v) is 8.22. The lowest BCUT2D eigenvalue weighted by molar-refractivity contribution is -0.384. The molecule has 0 aliphatic carbocycles. The first kappa shape index (κ1) is 16.6. The molecule has 24 heavy (non-hydrogen) atoms. The van der Waals surface area contributed by atoms with Gasteiger partial charge in [0, 0.05) is 15.2 Å². The lowest BCUT2D eigenvalue weighted by Crippen LogP contribution is -2.24. The Kier molecular flexibility index (Phi) is 4.63. The summed E-state index contributed by atoms with van der Waals surface area (Å²) in [6.07, 6.45) is 1.68. The van der Waals surface area contributed by atoms with Crippen molar-refractivity contribution in [2.45, 2.75) is 0 Å². The lowest BCUT2D eigenvalue weighted by atomic mass is 10.2. The van der Waals surface area contributed by atoms with E-state index in [2.05, 4.69) is 32.9 Å². The lowest BCUT2D eigenvalue weighted by Gasteiger charge is -2.01. The maximum Gasteiger partial charge on any atom is 0.288 e. The largest absolute Gasteiger partial charge is 0.305 e. The van der Waals surface area contributed by atoms with Crippen LogP contribution in [0.4, 0.5) is 5.69 Å². The molecule has 0 atom stereocenters. The molecule has 0 spiro atoms. The number of benzene rings is 2. The molecule has 0 saturated carbocycles. The fraction of sp³-hybridized carbons (Fsp3) is 0. The number of carbonyl (C=O) groups is 1. The summed E-state index contributed by atoms with van der Waals surface area (Å²) in [6.45, 7) is 0. The number of amidine groups is 1. The second-order valence-corrected chi connectivity index (χ2v) is 6.46. The number of amides is 1. The van der Waals surface area contributed by atoms with Crippen LogP contribution in [0.5, 0.6) is 0 Å². The number of nitrogens with one attached hydrogen (secondary N) is 1. The van der Waals surface area contributed by atoms with Crippen LogP contribution in [0.3, 0.4) is 0 Å². The van der Waals surface area contributed by atoms with Crippen molar-refractivity contribution in [2.75, 3.05) is 0 Å². The van der Waals surface area contributed by atoms with E-state index in [1.807, 2.05) is 24.3 Å². The highest BCUT2D eigenvalue weighted by Gasteiger charge is 2.23. The van der Waals surface area contributed by atoms with Gasteiger partial charge in [-0.05, 0) is 52.4 Å². The summed E-state index contributed by atoms with van der Waals surface area (Å²) in [5.41, 5.74) is 1.30. The van der Waals surface area contributed by atoms with Gasteiger partial charge in [-0.3, -0.25) is 14.9 Å². The van der Waals surface area contributed by atoms with Crippen molar-refractivity contribution in [3.8, 4) is 0 Å². The topological polar surface area (TPSA) is 84.6 Å². The summed E-state index contributed by atoms with van der Waals surface area (Å²) in [6, 6.07) is 11.8. The summed E-state index contributed by atoms with van der Waals surface area (Å²) >= 11 is 7.97. The van der Waals surface area contributed by atoms with Gasteiger partial charge in [0.25, 0.3) is 11.6 Å². The van der Waals surface area contributed by atoms with Crippen molar-refractivity contribution in [3.05, 3.63) is 78.0 Å². The maximum absolute atomic E-state index is 12.1. The van der Waals surface area contributed by atoms with Crippen LogP contribution in [0.2, 0.25) is 5.02 Å². The normalized spacial score (nSPS) is 15.3. The number of rotatable bonds is 3. The van der Waals surface area contributed by atoms with Gasteiger partial charge in [0.2, 0.25) is 0 Å². The Labute approximate surface area is 155 Å². The number of nitro benzene ring substituents is 1. The van der Waals surface area contributed by atoms with Crippen molar-refractivity contribution >= 4 is 57.7 Å². The van der Waals surface area contributed by atoms with E-state index in [1.54, 1.807) is 12.1 Å². The number of halogens is 2. The number of nitro groups is 1. The minimum Gasteiger partial charge on any atom is -0.305 e. The predicted octanol–water partition coefficient (Wildman–Crippen LogP) is 3.77. The second kappa shape index (κ2) is 6.70. The summed E-state index contributed by atoms with van der Waals surface area (Å²) < 4.78 is 0.987. The molecule has 1 N–H and O–H groups in total. The number of carbonyl (C=O) groups excluding carboxylic acids is 1. The molecular weight excluding hydrogens is 445 g/mol. The molecule has 1 aliphatic heterocycles. The molecule has 1 heterocycles. The van der Waals surface area contributed by atoms with E-state index in [0.29, 0.717) is 5.56 Å². The van der Waals surface area contributed by atoms with Crippen LogP contribution in [-0.2, 0) is 4.79 Å². The molecule has 1 aliphatic rings. The minimum absolute atomic E-state index is 0.0308. The molecule has 3 rings (SSSR count). The average Bonchev–Trinajstić information content (AvgIpc) is 2.91. The van der Waals surface area contributed by atoms with E-state index in [0.717, 1.165) is 9.13 Å². The molecule has 1 amide bonds. The van der Waals surface area contributed by atoms with E-state index in [9.17, 15) is 14.9 Å². The SMILES string of the molecule is O=C1NC(c2ccc(Cl)c([N+](=O)[O-])c2)=NC1=Cc1ccccc1I. The molecule has 0 fully saturated rings. The Bertz CT molecular complexity index is 925. The van der Waals surface area contributed by atoms with Crippen LogP contribution in [0.15, 0.2) is 53.2 Å². The van der Waals surface area contributed by atoms with E-state index >= 15 is 0 Å². The van der Waals surface area contributed by atoms with E-state index < -0.39 is 4.92 Å². The molecular formula is C16H9ClIN3O3. The zero-order valence-corrected chi connectivity index (χ0v) is 14.9.